The lowest BCUT2D eigenvalue weighted by Gasteiger charge is -2.18. The van der Waals surface area contributed by atoms with Gasteiger partial charge in [-0.25, -0.2) is 4.39 Å². The van der Waals surface area contributed by atoms with Gasteiger partial charge in [0.05, 0.1) is 16.0 Å². The fraction of sp³-hybridized carbons (Fsp3) is 0.333. The predicted octanol–water partition coefficient (Wildman–Crippen LogP) is 2.31. The molecule has 114 valence electrons. The molecule has 0 aliphatic carbocycles. The number of nitrogens with one attached hydrogen (secondary N) is 1. The first-order valence-corrected chi connectivity index (χ1v) is 5.71. The zero-order valence-corrected chi connectivity index (χ0v) is 11.1. The lowest BCUT2D eigenvalue weighted by atomic mass is 9.89. The second kappa shape index (κ2) is 5.81. The van der Waals surface area contributed by atoms with Crippen molar-refractivity contribution in [2.75, 3.05) is 5.32 Å². The second-order valence-electron chi connectivity index (χ2n) is 4.95. The number of hydrogen-bond donors (Lipinski definition) is 2. The van der Waals surface area contributed by atoms with Gasteiger partial charge in [0, 0.05) is 18.6 Å². The lowest BCUT2D eigenvalue weighted by molar-refractivity contribution is -0.387. The number of carbonyl (C=O) groups excluding carboxylic acids is 1. The minimum absolute atomic E-state index is 0.274. The summed E-state index contributed by atoms with van der Waals surface area (Å²) >= 11 is 0. The minimum Gasteiger partial charge on any atom is -0.481 e. The number of carboxylic acid groups (broad SMARTS) is 1. The molecule has 21 heavy (non-hydrogen) atoms. The number of halogens is 2. The standard InChI is InChI=1S/C12H12F2N2O5/c1-12(2,11(18)19)5-10(17)15-8-4-9(16(20)21)7(14)3-6(8)13/h3-4H,5H2,1-2H3,(H,15,17)(H,18,19). The van der Waals surface area contributed by atoms with E-state index in [9.17, 15) is 28.5 Å². The average molecular weight is 302 g/mol. The Kier molecular flexibility index (Phi) is 4.56. The molecule has 1 aromatic carbocycles. The first kappa shape index (κ1) is 16.5. The molecule has 0 radical (unpaired) electrons. The summed E-state index contributed by atoms with van der Waals surface area (Å²) in [5, 5.41) is 21.4. The summed E-state index contributed by atoms with van der Waals surface area (Å²) < 4.78 is 26.6. The van der Waals surface area contributed by atoms with Crippen molar-refractivity contribution < 1.29 is 28.4 Å². The number of amides is 1. The van der Waals surface area contributed by atoms with Crippen LogP contribution in [-0.4, -0.2) is 21.9 Å². The van der Waals surface area contributed by atoms with E-state index in [4.69, 9.17) is 5.11 Å². The highest BCUT2D eigenvalue weighted by Crippen LogP contribution is 2.26. The molecule has 0 unspecified atom stereocenters. The highest BCUT2D eigenvalue weighted by Gasteiger charge is 2.30. The third-order valence-corrected chi connectivity index (χ3v) is 2.69. The summed E-state index contributed by atoms with van der Waals surface area (Å²) in [7, 11) is 0. The molecule has 0 bridgehead atoms. The van der Waals surface area contributed by atoms with Crippen LogP contribution in [0.5, 0.6) is 0 Å². The molecule has 0 saturated carbocycles. The van der Waals surface area contributed by atoms with Crippen LogP contribution < -0.4 is 5.32 Å². The molecule has 1 aromatic rings. The average Bonchev–Trinajstić information content (AvgIpc) is 2.31. The Labute approximate surface area is 117 Å². The number of aliphatic carboxylic acids is 1. The fourth-order valence-electron chi connectivity index (χ4n) is 1.44. The number of carboxylic acids is 1. The number of nitrogens with zero attached hydrogens (tertiary/aromatic N) is 1. The van der Waals surface area contributed by atoms with Crippen molar-refractivity contribution in [1.29, 1.82) is 0 Å². The molecule has 7 nitrogen and oxygen atoms in total. The van der Waals surface area contributed by atoms with E-state index in [0.717, 1.165) is 0 Å². The Hall–Kier alpha value is -2.58. The number of nitro benzene ring substituents is 1. The Morgan fingerprint density at radius 3 is 2.38 bits per heavy atom. The number of hydrogen-bond acceptors (Lipinski definition) is 4. The molecule has 0 aromatic heterocycles. The van der Waals surface area contributed by atoms with E-state index in [2.05, 4.69) is 0 Å². The van der Waals surface area contributed by atoms with Crippen molar-refractivity contribution >= 4 is 23.3 Å². The normalized spacial score (nSPS) is 11.0. The molecular weight excluding hydrogens is 290 g/mol. The Morgan fingerprint density at radius 1 is 1.33 bits per heavy atom. The van der Waals surface area contributed by atoms with Crippen LogP contribution in [0.15, 0.2) is 12.1 Å². The number of nitro groups is 1. The van der Waals surface area contributed by atoms with Crippen LogP contribution in [0.3, 0.4) is 0 Å². The van der Waals surface area contributed by atoms with Gasteiger partial charge in [0.15, 0.2) is 0 Å². The van der Waals surface area contributed by atoms with Gasteiger partial charge >= 0.3 is 11.7 Å². The van der Waals surface area contributed by atoms with Gasteiger partial charge in [0.25, 0.3) is 0 Å². The second-order valence-corrected chi connectivity index (χ2v) is 4.95. The van der Waals surface area contributed by atoms with Gasteiger partial charge in [0.1, 0.15) is 5.82 Å². The maximum absolute atomic E-state index is 13.5. The van der Waals surface area contributed by atoms with Gasteiger partial charge < -0.3 is 10.4 Å². The number of anilines is 1. The maximum atomic E-state index is 13.5. The first-order valence-electron chi connectivity index (χ1n) is 5.71. The zero-order valence-electron chi connectivity index (χ0n) is 11.1. The fourth-order valence-corrected chi connectivity index (χ4v) is 1.44. The topological polar surface area (TPSA) is 110 Å². The molecule has 1 amide bonds. The maximum Gasteiger partial charge on any atom is 0.309 e. The molecule has 0 spiro atoms. The quantitative estimate of drug-likeness (QED) is 0.640. The SMILES string of the molecule is CC(C)(CC(=O)Nc1cc([N+](=O)[O-])c(F)cc1F)C(=O)O. The monoisotopic (exact) mass is 302 g/mol. The smallest absolute Gasteiger partial charge is 0.309 e. The van der Waals surface area contributed by atoms with Crippen molar-refractivity contribution in [2.45, 2.75) is 20.3 Å². The highest BCUT2D eigenvalue weighted by molar-refractivity contribution is 5.94. The van der Waals surface area contributed by atoms with E-state index in [-0.39, 0.29) is 6.07 Å². The molecule has 0 atom stereocenters. The van der Waals surface area contributed by atoms with Gasteiger partial charge in [-0.1, -0.05) is 0 Å². The lowest BCUT2D eigenvalue weighted by Crippen LogP contribution is -2.29. The summed E-state index contributed by atoms with van der Waals surface area (Å²) in [5.74, 6) is -4.66. The van der Waals surface area contributed by atoms with E-state index >= 15 is 0 Å². The Balaban J connectivity index is 2.98. The minimum atomic E-state index is -1.40. The molecule has 0 aliphatic heterocycles. The summed E-state index contributed by atoms with van der Waals surface area (Å²) in [6.07, 6.45) is -0.479. The molecule has 0 saturated heterocycles. The van der Waals surface area contributed by atoms with Gasteiger partial charge in [-0.05, 0) is 13.8 Å². The number of benzene rings is 1. The third kappa shape index (κ3) is 3.94. The predicted molar refractivity (Wildman–Crippen MR) is 67.7 cm³/mol. The molecule has 0 aliphatic rings. The van der Waals surface area contributed by atoms with Gasteiger partial charge in [-0.15, -0.1) is 0 Å². The summed E-state index contributed by atoms with van der Waals surface area (Å²) in [6.45, 7) is 2.58. The van der Waals surface area contributed by atoms with Gasteiger partial charge in [-0.3, -0.25) is 19.7 Å². The van der Waals surface area contributed by atoms with Crippen LogP contribution in [-0.2, 0) is 9.59 Å². The molecular formula is C12H12F2N2O5. The van der Waals surface area contributed by atoms with Gasteiger partial charge in [-0.2, -0.15) is 4.39 Å². The molecule has 0 heterocycles. The van der Waals surface area contributed by atoms with Crippen LogP contribution in [0.2, 0.25) is 0 Å². The number of carbonyl (C=O) groups is 2. The largest absolute Gasteiger partial charge is 0.481 e. The highest BCUT2D eigenvalue weighted by atomic mass is 19.1. The Morgan fingerprint density at radius 2 is 1.90 bits per heavy atom. The Bertz CT molecular complexity index is 616. The van der Waals surface area contributed by atoms with E-state index in [1.807, 2.05) is 5.32 Å². The molecule has 2 N–H and O–H groups in total. The van der Waals surface area contributed by atoms with Crippen molar-refractivity contribution in [3.8, 4) is 0 Å². The van der Waals surface area contributed by atoms with Crippen molar-refractivity contribution in [3.05, 3.63) is 33.9 Å². The van der Waals surface area contributed by atoms with Gasteiger partial charge in [0.2, 0.25) is 11.7 Å². The molecule has 0 fully saturated rings. The van der Waals surface area contributed by atoms with Crippen LogP contribution in [0.25, 0.3) is 0 Å². The van der Waals surface area contributed by atoms with E-state index in [1.165, 1.54) is 13.8 Å². The van der Waals surface area contributed by atoms with E-state index in [0.29, 0.717) is 6.07 Å². The van der Waals surface area contributed by atoms with Crippen LogP contribution in [0.1, 0.15) is 20.3 Å². The molecule has 9 heteroatoms. The van der Waals surface area contributed by atoms with Crippen LogP contribution >= 0.6 is 0 Å². The summed E-state index contributed by atoms with van der Waals surface area (Å²) in [4.78, 5) is 32.0. The first-order chi connectivity index (χ1) is 9.54. The van der Waals surface area contributed by atoms with Crippen LogP contribution in [0.4, 0.5) is 20.2 Å². The number of rotatable bonds is 5. The third-order valence-electron chi connectivity index (χ3n) is 2.69. The van der Waals surface area contributed by atoms with Crippen molar-refractivity contribution in [2.24, 2.45) is 5.41 Å². The van der Waals surface area contributed by atoms with E-state index in [1.54, 1.807) is 0 Å². The summed E-state index contributed by atoms with van der Waals surface area (Å²) in [6, 6.07) is 0.812. The zero-order chi connectivity index (χ0) is 16.4. The van der Waals surface area contributed by atoms with E-state index < -0.39 is 51.6 Å². The van der Waals surface area contributed by atoms with Crippen molar-refractivity contribution in [1.82, 2.24) is 0 Å². The van der Waals surface area contributed by atoms with Crippen LogP contribution in [0, 0.1) is 27.2 Å². The summed E-state index contributed by atoms with van der Waals surface area (Å²) in [5.41, 5.74) is -2.98. The van der Waals surface area contributed by atoms with Crippen molar-refractivity contribution in [3.63, 3.8) is 0 Å². The molecule has 1 rings (SSSR count).